The molecule has 1 aromatic rings. The Bertz CT molecular complexity index is 359. The van der Waals surface area contributed by atoms with Crippen LogP contribution < -0.4 is 0 Å². The van der Waals surface area contributed by atoms with Crippen molar-refractivity contribution in [2.24, 2.45) is 0 Å². The lowest BCUT2D eigenvalue weighted by Crippen LogP contribution is -2.11. The Kier molecular flexibility index (Phi) is 5.96. The molecule has 0 amide bonds. The van der Waals surface area contributed by atoms with Gasteiger partial charge in [0.05, 0.1) is 0 Å². The minimum absolute atomic E-state index is 0.0369. The summed E-state index contributed by atoms with van der Waals surface area (Å²) < 4.78 is 4.96. The summed E-state index contributed by atoms with van der Waals surface area (Å²) in [5.41, 5.74) is 0.892. The number of carbonyl (C=O) groups excluding carboxylic acids is 2. The summed E-state index contributed by atoms with van der Waals surface area (Å²) in [6.07, 6.45) is 0.397. The Labute approximate surface area is 100 Å². The fourth-order valence-electron chi connectivity index (χ4n) is 1.31. The van der Waals surface area contributed by atoms with E-state index in [0.717, 1.165) is 5.56 Å². The lowest BCUT2D eigenvalue weighted by Gasteiger charge is -2.04. The van der Waals surface area contributed by atoms with Gasteiger partial charge < -0.3 is 9.84 Å². The van der Waals surface area contributed by atoms with Gasteiger partial charge in [0.25, 0.3) is 0 Å². The van der Waals surface area contributed by atoms with Crippen molar-refractivity contribution in [3.8, 4) is 0 Å². The van der Waals surface area contributed by atoms with Crippen molar-refractivity contribution in [2.45, 2.75) is 25.9 Å². The highest BCUT2D eigenvalue weighted by Gasteiger charge is 2.10. The molecule has 0 saturated carbocycles. The van der Waals surface area contributed by atoms with Gasteiger partial charge in [0.2, 0.25) is 0 Å². The van der Waals surface area contributed by atoms with Gasteiger partial charge in [0.1, 0.15) is 18.8 Å². The molecular weight excluding hydrogens is 220 g/mol. The summed E-state index contributed by atoms with van der Waals surface area (Å²) in [6.45, 7) is 0.151. The molecule has 0 aliphatic carbocycles. The number of rotatable bonds is 7. The first-order valence-corrected chi connectivity index (χ1v) is 5.54. The molecule has 1 rings (SSSR count). The topological polar surface area (TPSA) is 63.6 Å². The van der Waals surface area contributed by atoms with Gasteiger partial charge in [-0.15, -0.1) is 0 Å². The Balaban J connectivity index is 2.24. The zero-order valence-corrected chi connectivity index (χ0v) is 9.59. The quantitative estimate of drug-likeness (QED) is 0.575. The van der Waals surface area contributed by atoms with Crippen LogP contribution in [0, 0.1) is 0 Å². The van der Waals surface area contributed by atoms with Crippen molar-refractivity contribution in [3.63, 3.8) is 0 Å². The van der Waals surface area contributed by atoms with Crippen molar-refractivity contribution in [3.05, 3.63) is 35.9 Å². The molecule has 0 aromatic heterocycles. The van der Waals surface area contributed by atoms with Crippen LogP contribution in [0.25, 0.3) is 0 Å². The second-order valence-electron chi connectivity index (χ2n) is 3.69. The van der Waals surface area contributed by atoms with E-state index in [9.17, 15) is 9.59 Å². The van der Waals surface area contributed by atoms with E-state index in [4.69, 9.17) is 9.84 Å². The third-order valence-corrected chi connectivity index (χ3v) is 2.20. The molecule has 0 aliphatic heterocycles. The molecule has 0 saturated heterocycles. The average Bonchev–Trinajstić information content (AvgIpc) is 2.35. The summed E-state index contributed by atoms with van der Waals surface area (Å²) in [4.78, 5) is 22.5. The zero-order valence-electron chi connectivity index (χ0n) is 9.59. The van der Waals surface area contributed by atoms with Crippen molar-refractivity contribution in [1.29, 1.82) is 0 Å². The van der Waals surface area contributed by atoms with E-state index < -0.39 is 5.97 Å². The monoisotopic (exact) mass is 236 g/mol. The first-order chi connectivity index (χ1) is 8.22. The second kappa shape index (κ2) is 7.57. The molecular formula is C13H16O4. The number of aliphatic hydroxyl groups is 1. The van der Waals surface area contributed by atoms with E-state index in [-0.39, 0.29) is 31.8 Å². The lowest BCUT2D eigenvalue weighted by molar-refractivity contribution is -0.147. The van der Waals surface area contributed by atoms with Crippen molar-refractivity contribution >= 4 is 11.8 Å². The van der Waals surface area contributed by atoms with Crippen LogP contribution in [-0.2, 0) is 20.9 Å². The Morgan fingerprint density at radius 1 is 1.18 bits per heavy atom. The highest BCUT2D eigenvalue weighted by Crippen LogP contribution is 2.03. The SMILES string of the molecule is O=C(CCCO)CC(=O)OCc1ccccc1. The Morgan fingerprint density at radius 3 is 2.53 bits per heavy atom. The first kappa shape index (κ1) is 13.4. The largest absolute Gasteiger partial charge is 0.460 e. The molecule has 1 aromatic carbocycles. The predicted octanol–water partition coefficient (Wildman–Crippen LogP) is 1.46. The zero-order chi connectivity index (χ0) is 12.5. The van der Waals surface area contributed by atoms with Gasteiger partial charge in [-0.1, -0.05) is 30.3 Å². The number of aliphatic hydroxyl groups excluding tert-OH is 1. The second-order valence-corrected chi connectivity index (χ2v) is 3.69. The molecule has 0 spiro atoms. The molecule has 0 radical (unpaired) electrons. The maximum atomic E-state index is 11.3. The third kappa shape index (κ3) is 5.82. The number of ether oxygens (including phenoxy) is 1. The van der Waals surface area contributed by atoms with E-state index in [1.54, 1.807) is 0 Å². The molecule has 0 aliphatic rings. The molecule has 0 bridgehead atoms. The summed E-state index contributed by atoms with van der Waals surface area (Å²) in [5, 5.41) is 8.53. The molecule has 0 unspecified atom stereocenters. The van der Waals surface area contributed by atoms with E-state index in [1.807, 2.05) is 30.3 Å². The van der Waals surface area contributed by atoms with Crippen LogP contribution in [0.15, 0.2) is 30.3 Å². The molecule has 17 heavy (non-hydrogen) atoms. The molecule has 0 heterocycles. The van der Waals surface area contributed by atoms with Crippen LogP contribution in [0.1, 0.15) is 24.8 Å². The summed E-state index contributed by atoms with van der Waals surface area (Å²) >= 11 is 0. The number of hydrogen-bond acceptors (Lipinski definition) is 4. The van der Waals surface area contributed by atoms with Crippen LogP contribution in [0.5, 0.6) is 0 Å². The minimum Gasteiger partial charge on any atom is -0.460 e. The lowest BCUT2D eigenvalue weighted by atomic mass is 10.2. The van der Waals surface area contributed by atoms with Crippen molar-refractivity contribution in [1.82, 2.24) is 0 Å². The normalized spacial score (nSPS) is 9.94. The highest BCUT2D eigenvalue weighted by atomic mass is 16.5. The van der Waals surface area contributed by atoms with Crippen LogP contribution in [0.4, 0.5) is 0 Å². The van der Waals surface area contributed by atoms with Gasteiger partial charge in [-0.05, 0) is 12.0 Å². The number of ketones is 1. The molecule has 4 heteroatoms. The summed E-state index contributed by atoms with van der Waals surface area (Å²) in [5.74, 6) is -0.714. The van der Waals surface area contributed by atoms with Crippen molar-refractivity contribution < 1.29 is 19.4 Å². The highest BCUT2D eigenvalue weighted by molar-refractivity contribution is 5.95. The molecule has 4 nitrogen and oxygen atoms in total. The van der Waals surface area contributed by atoms with Crippen molar-refractivity contribution in [2.75, 3.05) is 6.61 Å². The standard InChI is InChI=1S/C13H16O4/c14-8-4-7-12(15)9-13(16)17-10-11-5-2-1-3-6-11/h1-3,5-6,14H,4,7-10H2. The number of Topliss-reactive ketones (excluding diaryl/α,β-unsaturated/α-hetero) is 1. The number of hydrogen-bond donors (Lipinski definition) is 1. The Morgan fingerprint density at radius 2 is 1.88 bits per heavy atom. The van der Waals surface area contributed by atoms with E-state index in [0.29, 0.717) is 6.42 Å². The van der Waals surface area contributed by atoms with Crippen LogP contribution in [0.3, 0.4) is 0 Å². The van der Waals surface area contributed by atoms with Crippen LogP contribution in [-0.4, -0.2) is 23.5 Å². The van der Waals surface area contributed by atoms with Gasteiger partial charge in [0.15, 0.2) is 0 Å². The van der Waals surface area contributed by atoms with E-state index in [2.05, 4.69) is 0 Å². The predicted molar refractivity (Wildman–Crippen MR) is 62.2 cm³/mol. The number of esters is 1. The van der Waals surface area contributed by atoms with Gasteiger partial charge in [-0.2, -0.15) is 0 Å². The summed E-state index contributed by atoms with van der Waals surface area (Å²) in [6, 6.07) is 9.29. The Hall–Kier alpha value is -1.68. The van der Waals surface area contributed by atoms with E-state index >= 15 is 0 Å². The number of carbonyl (C=O) groups is 2. The van der Waals surface area contributed by atoms with Gasteiger partial charge in [-0.25, -0.2) is 0 Å². The van der Waals surface area contributed by atoms with Gasteiger partial charge in [0, 0.05) is 13.0 Å². The summed E-state index contributed by atoms with van der Waals surface area (Å²) in [7, 11) is 0. The van der Waals surface area contributed by atoms with Crippen LogP contribution >= 0.6 is 0 Å². The third-order valence-electron chi connectivity index (χ3n) is 2.20. The van der Waals surface area contributed by atoms with Gasteiger partial charge in [-0.3, -0.25) is 9.59 Å². The fourth-order valence-corrected chi connectivity index (χ4v) is 1.31. The first-order valence-electron chi connectivity index (χ1n) is 5.54. The maximum absolute atomic E-state index is 11.3. The molecule has 1 N–H and O–H groups in total. The van der Waals surface area contributed by atoms with E-state index in [1.165, 1.54) is 0 Å². The molecule has 0 fully saturated rings. The fraction of sp³-hybridized carbons (Fsp3) is 0.385. The van der Waals surface area contributed by atoms with Gasteiger partial charge >= 0.3 is 5.97 Å². The molecule has 0 atom stereocenters. The van der Waals surface area contributed by atoms with Crippen LogP contribution in [0.2, 0.25) is 0 Å². The minimum atomic E-state index is -0.517. The molecule has 92 valence electrons. The smallest absolute Gasteiger partial charge is 0.313 e. The maximum Gasteiger partial charge on any atom is 0.313 e. The average molecular weight is 236 g/mol. The number of benzene rings is 1.